The topological polar surface area (TPSA) is 70.1 Å². The van der Waals surface area contributed by atoms with E-state index in [1.165, 1.54) is 0 Å². The standard InChI is InChI=1S/C8H11N3O2/c9-13-8(12)4-6-7-2-1-3-11(7)5-10-6/h5H,1-4,9H2. The molecule has 1 aliphatic rings. The molecule has 0 bridgehead atoms. The lowest BCUT2D eigenvalue weighted by atomic mass is 10.2. The van der Waals surface area contributed by atoms with Gasteiger partial charge in [-0.15, -0.1) is 0 Å². The summed E-state index contributed by atoms with van der Waals surface area (Å²) in [6.07, 6.45) is 4.07. The van der Waals surface area contributed by atoms with Crippen LogP contribution in [0.2, 0.25) is 0 Å². The van der Waals surface area contributed by atoms with E-state index in [-0.39, 0.29) is 6.42 Å². The number of rotatable bonds is 2. The predicted molar refractivity (Wildman–Crippen MR) is 44.5 cm³/mol. The summed E-state index contributed by atoms with van der Waals surface area (Å²) >= 11 is 0. The average molecular weight is 181 g/mol. The number of carbonyl (C=O) groups is 1. The molecule has 2 rings (SSSR count). The smallest absolute Gasteiger partial charge is 0.330 e. The number of aryl methyl sites for hydroxylation is 1. The lowest BCUT2D eigenvalue weighted by Crippen LogP contribution is -2.13. The van der Waals surface area contributed by atoms with Gasteiger partial charge in [0.25, 0.3) is 0 Å². The fourth-order valence-electron chi connectivity index (χ4n) is 1.67. The average Bonchev–Trinajstić information content (AvgIpc) is 2.69. The minimum atomic E-state index is -0.437. The number of nitrogens with two attached hydrogens (primary N) is 1. The molecule has 0 radical (unpaired) electrons. The third-order valence-electron chi connectivity index (χ3n) is 2.29. The molecule has 0 spiro atoms. The summed E-state index contributed by atoms with van der Waals surface area (Å²) in [5.41, 5.74) is 1.94. The number of nitrogens with zero attached hydrogens (tertiary/aromatic N) is 2. The number of fused-ring (bicyclic) bond motifs is 1. The van der Waals surface area contributed by atoms with Gasteiger partial charge in [0.1, 0.15) is 0 Å². The van der Waals surface area contributed by atoms with Crippen molar-refractivity contribution in [3.05, 3.63) is 17.7 Å². The summed E-state index contributed by atoms with van der Waals surface area (Å²) in [5.74, 6) is 4.31. The van der Waals surface area contributed by atoms with Crippen LogP contribution in [-0.4, -0.2) is 15.5 Å². The normalized spacial score (nSPS) is 14.2. The zero-order valence-electron chi connectivity index (χ0n) is 7.19. The number of carbonyl (C=O) groups excluding carboxylic acids is 1. The van der Waals surface area contributed by atoms with E-state index >= 15 is 0 Å². The molecule has 70 valence electrons. The molecular formula is C8H11N3O2. The number of aromatic nitrogens is 2. The highest BCUT2D eigenvalue weighted by molar-refractivity contribution is 5.71. The molecule has 2 N–H and O–H groups in total. The Morgan fingerprint density at radius 3 is 3.38 bits per heavy atom. The molecule has 13 heavy (non-hydrogen) atoms. The first-order valence-corrected chi connectivity index (χ1v) is 4.23. The summed E-state index contributed by atoms with van der Waals surface area (Å²) in [5, 5.41) is 0. The number of imidazole rings is 1. The van der Waals surface area contributed by atoms with Crippen LogP contribution in [0.1, 0.15) is 17.8 Å². The van der Waals surface area contributed by atoms with Gasteiger partial charge in [0.05, 0.1) is 18.4 Å². The monoisotopic (exact) mass is 181 g/mol. The highest BCUT2D eigenvalue weighted by atomic mass is 16.7. The van der Waals surface area contributed by atoms with Gasteiger partial charge in [-0.1, -0.05) is 0 Å². The Balaban J connectivity index is 2.17. The molecule has 0 aromatic carbocycles. The van der Waals surface area contributed by atoms with Crippen molar-refractivity contribution in [1.82, 2.24) is 9.55 Å². The number of hydrogen-bond donors (Lipinski definition) is 1. The van der Waals surface area contributed by atoms with Crippen LogP contribution >= 0.6 is 0 Å². The van der Waals surface area contributed by atoms with Gasteiger partial charge in [0, 0.05) is 12.2 Å². The van der Waals surface area contributed by atoms with Gasteiger partial charge >= 0.3 is 5.97 Å². The maximum absolute atomic E-state index is 10.9. The Bertz CT molecular complexity index is 332. The van der Waals surface area contributed by atoms with E-state index in [0.717, 1.165) is 30.8 Å². The molecule has 0 aliphatic carbocycles. The van der Waals surface area contributed by atoms with Gasteiger partial charge in [-0.2, -0.15) is 5.90 Å². The molecular weight excluding hydrogens is 170 g/mol. The Hall–Kier alpha value is -1.36. The molecule has 0 atom stereocenters. The molecule has 0 unspecified atom stereocenters. The minimum Gasteiger partial charge on any atom is -0.373 e. The zero-order chi connectivity index (χ0) is 9.26. The summed E-state index contributed by atoms with van der Waals surface area (Å²) < 4.78 is 2.07. The molecule has 0 amide bonds. The van der Waals surface area contributed by atoms with E-state index in [4.69, 9.17) is 5.90 Å². The van der Waals surface area contributed by atoms with Crippen LogP contribution in [0, 0.1) is 0 Å². The molecule has 0 saturated carbocycles. The predicted octanol–water partition coefficient (Wildman–Crippen LogP) is -0.211. The molecule has 0 saturated heterocycles. The maximum atomic E-state index is 10.9. The van der Waals surface area contributed by atoms with Crippen molar-refractivity contribution >= 4 is 5.97 Å². The van der Waals surface area contributed by atoms with Crippen molar-refractivity contribution in [2.75, 3.05) is 0 Å². The van der Waals surface area contributed by atoms with E-state index in [1.807, 2.05) is 0 Å². The molecule has 5 heteroatoms. The molecule has 1 aromatic heterocycles. The van der Waals surface area contributed by atoms with Crippen molar-refractivity contribution in [2.45, 2.75) is 25.8 Å². The van der Waals surface area contributed by atoms with Crippen molar-refractivity contribution in [3.63, 3.8) is 0 Å². The van der Waals surface area contributed by atoms with Crippen LogP contribution in [0.4, 0.5) is 0 Å². The first-order chi connectivity index (χ1) is 6.31. The minimum absolute atomic E-state index is 0.179. The van der Waals surface area contributed by atoms with Gasteiger partial charge < -0.3 is 9.40 Å². The van der Waals surface area contributed by atoms with Crippen LogP contribution < -0.4 is 5.90 Å². The van der Waals surface area contributed by atoms with E-state index in [2.05, 4.69) is 14.4 Å². The quantitative estimate of drug-likeness (QED) is 0.641. The van der Waals surface area contributed by atoms with Crippen molar-refractivity contribution in [1.29, 1.82) is 0 Å². The van der Waals surface area contributed by atoms with E-state index < -0.39 is 5.97 Å². The zero-order valence-corrected chi connectivity index (χ0v) is 7.19. The van der Waals surface area contributed by atoms with Gasteiger partial charge in [-0.05, 0) is 12.8 Å². The molecule has 2 heterocycles. The van der Waals surface area contributed by atoms with Crippen molar-refractivity contribution in [3.8, 4) is 0 Å². The lowest BCUT2D eigenvalue weighted by molar-refractivity contribution is -0.143. The lowest BCUT2D eigenvalue weighted by Gasteiger charge is -1.97. The summed E-state index contributed by atoms with van der Waals surface area (Å²) in [4.78, 5) is 19.1. The van der Waals surface area contributed by atoms with Gasteiger partial charge in [-0.3, -0.25) is 0 Å². The largest absolute Gasteiger partial charge is 0.373 e. The van der Waals surface area contributed by atoms with Crippen LogP contribution in [0.3, 0.4) is 0 Å². The molecule has 0 fully saturated rings. The summed E-state index contributed by atoms with van der Waals surface area (Å²) in [6, 6.07) is 0. The van der Waals surface area contributed by atoms with Crippen molar-refractivity contribution < 1.29 is 9.63 Å². The molecule has 1 aliphatic heterocycles. The third kappa shape index (κ3) is 1.42. The highest BCUT2D eigenvalue weighted by Gasteiger charge is 2.18. The molecule has 1 aromatic rings. The second-order valence-corrected chi connectivity index (χ2v) is 3.10. The van der Waals surface area contributed by atoms with Crippen LogP contribution in [0.5, 0.6) is 0 Å². The van der Waals surface area contributed by atoms with E-state index in [9.17, 15) is 4.79 Å². The fourth-order valence-corrected chi connectivity index (χ4v) is 1.67. The van der Waals surface area contributed by atoms with Gasteiger partial charge in [0.15, 0.2) is 0 Å². The van der Waals surface area contributed by atoms with Crippen molar-refractivity contribution in [2.24, 2.45) is 5.90 Å². The van der Waals surface area contributed by atoms with Crippen LogP contribution in [-0.2, 0) is 29.0 Å². The Morgan fingerprint density at radius 2 is 2.62 bits per heavy atom. The second-order valence-electron chi connectivity index (χ2n) is 3.10. The maximum Gasteiger partial charge on any atom is 0.330 e. The number of hydrogen-bond acceptors (Lipinski definition) is 4. The van der Waals surface area contributed by atoms with Gasteiger partial charge in [-0.25, -0.2) is 9.78 Å². The first kappa shape index (κ1) is 8.25. The fraction of sp³-hybridized carbons (Fsp3) is 0.500. The SMILES string of the molecule is NOC(=O)Cc1ncn2c1CCC2. The Labute approximate surface area is 75.5 Å². The van der Waals surface area contributed by atoms with Crippen LogP contribution in [0.25, 0.3) is 0 Å². The highest BCUT2D eigenvalue weighted by Crippen LogP contribution is 2.18. The second kappa shape index (κ2) is 3.18. The third-order valence-corrected chi connectivity index (χ3v) is 2.29. The first-order valence-electron chi connectivity index (χ1n) is 4.23. The molecule has 5 nitrogen and oxygen atoms in total. The van der Waals surface area contributed by atoms with E-state index in [0.29, 0.717) is 0 Å². The van der Waals surface area contributed by atoms with Crippen LogP contribution in [0.15, 0.2) is 6.33 Å². The summed E-state index contributed by atoms with van der Waals surface area (Å²) in [7, 11) is 0. The Morgan fingerprint density at radius 1 is 1.77 bits per heavy atom. The van der Waals surface area contributed by atoms with Gasteiger partial charge in [0.2, 0.25) is 0 Å². The van der Waals surface area contributed by atoms with E-state index in [1.54, 1.807) is 6.33 Å². The summed E-state index contributed by atoms with van der Waals surface area (Å²) in [6.45, 7) is 1.00. The Kier molecular flexibility index (Phi) is 2.02.